The van der Waals surface area contributed by atoms with Crippen LogP contribution in [-0.4, -0.2) is 35.5 Å². The van der Waals surface area contributed by atoms with E-state index >= 15 is 0 Å². The van der Waals surface area contributed by atoms with E-state index in [-0.39, 0.29) is 17.9 Å². The van der Waals surface area contributed by atoms with Crippen molar-refractivity contribution in [3.8, 4) is 5.75 Å². The van der Waals surface area contributed by atoms with Crippen LogP contribution in [0.15, 0.2) is 24.3 Å². The molecule has 0 aliphatic carbocycles. The summed E-state index contributed by atoms with van der Waals surface area (Å²) < 4.78 is 29.0. The van der Waals surface area contributed by atoms with Crippen molar-refractivity contribution in [2.75, 3.05) is 6.54 Å². The molecule has 0 radical (unpaired) electrons. The minimum absolute atomic E-state index is 0.0147. The molecule has 0 aliphatic heterocycles. The Morgan fingerprint density at radius 1 is 1.45 bits per heavy atom. The Morgan fingerprint density at radius 2 is 2.10 bits per heavy atom. The van der Waals surface area contributed by atoms with Crippen LogP contribution in [0.25, 0.3) is 0 Å². The van der Waals surface area contributed by atoms with Gasteiger partial charge in [0.25, 0.3) is 0 Å². The fourth-order valence-electron chi connectivity index (χ4n) is 1.86. The highest BCUT2D eigenvalue weighted by atomic mass is 19.3. The molecule has 110 valence electrons. The van der Waals surface area contributed by atoms with Crippen molar-refractivity contribution in [3.63, 3.8) is 0 Å². The molecule has 1 amide bonds. The van der Waals surface area contributed by atoms with Crippen LogP contribution < -0.4 is 4.74 Å². The summed E-state index contributed by atoms with van der Waals surface area (Å²) >= 11 is 0. The molecule has 0 bridgehead atoms. The molecular weight excluding hydrogens is 272 g/mol. The molecule has 1 N–H and O–H groups in total. The Labute approximate surface area is 114 Å². The highest BCUT2D eigenvalue weighted by Gasteiger charge is 2.29. The van der Waals surface area contributed by atoms with Gasteiger partial charge in [-0.25, -0.2) is 4.79 Å². The lowest BCUT2D eigenvalue weighted by Gasteiger charge is -2.26. The maximum Gasteiger partial charge on any atom is 0.387 e. The molecule has 0 saturated heterocycles. The lowest BCUT2D eigenvalue weighted by Crippen LogP contribution is -2.34. The van der Waals surface area contributed by atoms with Gasteiger partial charge in [-0.2, -0.15) is 8.78 Å². The topological polar surface area (TPSA) is 66.8 Å². The first kappa shape index (κ1) is 15.9. The molecule has 5 nitrogen and oxygen atoms in total. The minimum atomic E-state index is -3.07. The fourth-order valence-corrected chi connectivity index (χ4v) is 1.86. The van der Waals surface area contributed by atoms with Crippen LogP contribution in [0.1, 0.15) is 24.9 Å². The SMILES string of the molecule is CCCN(C=O)C(C(=O)O)c1ccccc1OC(F)F. The number of alkyl halides is 2. The Hall–Kier alpha value is -2.18. The number of halogens is 2. The third kappa shape index (κ3) is 3.91. The van der Waals surface area contributed by atoms with Gasteiger partial charge < -0.3 is 14.7 Å². The van der Waals surface area contributed by atoms with Crippen LogP contribution in [0, 0.1) is 0 Å². The van der Waals surface area contributed by atoms with Crippen molar-refractivity contribution >= 4 is 12.4 Å². The average molecular weight is 287 g/mol. The standard InChI is InChI=1S/C13H15F2NO4/c1-2-7-16(8-17)11(12(18)19)9-5-3-4-6-10(9)20-13(14)15/h3-6,8,11,13H,2,7H2,1H3,(H,18,19). The number of ether oxygens (including phenoxy) is 1. The summed E-state index contributed by atoms with van der Waals surface area (Å²) in [4.78, 5) is 23.4. The van der Waals surface area contributed by atoms with Gasteiger partial charge in [-0.05, 0) is 12.5 Å². The molecule has 7 heteroatoms. The number of rotatable bonds is 8. The van der Waals surface area contributed by atoms with Crippen molar-refractivity contribution < 1.29 is 28.2 Å². The lowest BCUT2D eigenvalue weighted by atomic mass is 10.0. The Morgan fingerprint density at radius 3 is 2.60 bits per heavy atom. The number of aliphatic carboxylic acids is 1. The van der Waals surface area contributed by atoms with Crippen molar-refractivity contribution in [2.24, 2.45) is 0 Å². The summed E-state index contributed by atoms with van der Waals surface area (Å²) in [7, 11) is 0. The number of nitrogens with zero attached hydrogens (tertiary/aromatic N) is 1. The third-order valence-corrected chi connectivity index (χ3v) is 2.61. The second-order valence-electron chi connectivity index (χ2n) is 4.00. The van der Waals surface area contributed by atoms with E-state index in [1.54, 1.807) is 6.92 Å². The quantitative estimate of drug-likeness (QED) is 0.745. The Bertz CT molecular complexity index is 467. The van der Waals surface area contributed by atoms with Gasteiger partial charge in [0.1, 0.15) is 5.75 Å². The smallest absolute Gasteiger partial charge is 0.387 e. The van der Waals surface area contributed by atoms with Crippen LogP contribution in [0.5, 0.6) is 5.75 Å². The zero-order valence-corrected chi connectivity index (χ0v) is 10.8. The summed E-state index contributed by atoms with van der Waals surface area (Å²) in [5.74, 6) is -1.56. The second-order valence-corrected chi connectivity index (χ2v) is 4.00. The minimum Gasteiger partial charge on any atom is -0.479 e. The van der Waals surface area contributed by atoms with Crippen molar-refractivity contribution in [1.82, 2.24) is 4.90 Å². The highest BCUT2D eigenvalue weighted by molar-refractivity contribution is 5.79. The maximum atomic E-state index is 12.3. The van der Waals surface area contributed by atoms with Crippen LogP contribution >= 0.6 is 0 Å². The number of benzene rings is 1. The number of para-hydroxylation sites is 1. The zero-order chi connectivity index (χ0) is 15.1. The van der Waals surface area contributed by atoms with E-state index in [0.717, 1.165) is 4.90 Å². The Kier molecular flexibility index (Phi) is 5.89. The molecule has 1 atom stereocenters. The Balaban J connectivity index is 3.20. The summed E-state index contributed by atoms with van der Waals surface area (Å²) in [5.41, 5.74) is 0.0147. The normalized spacial score (nSPS) is 12.0. The van der Waals surface area contributed by atoms with Gasteiger partial charge >= 0.3 is 12.6 Å². The van der Waals surface area contributed by atoms with Gasteiger partial charge in [0.05, 0.1) is 0 Å². The zero-order valence-electron chi connectivity index (χ0n) is 10.8. The molecule has 0 spiro atoms. The van der Waals surface area contributed by atoms with E-state index in [9.17, 15) is 23.5 Å². The van der Waals surface area contributed by atoms with E-state index < -0.39 is 18.6 Å². The summed E-state index contributed by atoms with van der Waals surface area (Å²) in [6.07, 6.45) is 0.932. The van der Waals surface area contributed by atoms with Crippen LogP contribution in [0.4, 0.5) is 8.78 Å². The molecule has 1 aromatic rings. The van der Waals surface area contributed by atoms with E-state index in [0.29, 0.717) is 12.8 Å². The predicted octanol–water partition coefficient (Wildman–Crippen LogP) is 2.28. The highest BCUT2D eigenvalue weighted by Crippen LogP contribution is 2.30. The summed E-state index contributed by atoms with van der Waals surface area (Å²) in [5, 5.41) is 9.27. The predicted molar refractivity (Wildman–Crippen MR) is 66.5 cm³/mol. The van der Waals surface area contributed by atoms with Crippen LogP contribution in [0.2, 0.25) is 0 Å². The van der Waals surface area contributed by atoms with Gasteiger partial charge in [-0.1, -0.05) is 25.1 Å². The van der Waals surface area contributed by atoms with E-state index in [4.69, 9.17) is 0 Å². The van der Waals surface area contributed by atoms with Crippen molar-refractivity contribution in [2.45, 2.75) is 26.0 Å². The van der Waals surface area contributed by atoms with Crippen LogP contribution in [0.3, 0.4) is 0 Å². The first-order chi connectivity index (χ1) is 9.51. The molecule has 0 fully saturated rings. The molecular formula is C13H15F2NO4. The first-order valence-electron chi connectivity index (χ1n) is 5.98. The monoisotopic (exact) mass is 287 g/mol. The molecule has 0 saturated carbocycles. The van der Waals surface area contributed by atoms with Gasteiger partial charge in [-0.3, -0.25) is 4.79 Å². The largest absolute Gasteiger partial charge is 0.479 e. The van der Waals surface area contributed by atoms with Gasteiger partial charge in [0, 0.05) is 12.1 Å². The van der Waals surface area contributed by atoms with E-state index in [2.05, 4.69) is 4.74 Å². The number of hydrogen-bond donors (Lipinski definition) is 1. The molecule has 0 aliphatic rings. The lowest BCUT2D eigenvalue weighted by molar-refractivity contribution is -0.147. The third-order valence-electron chi connectivity index (χ3n) is 2.61. The van der Waals surface area contributed by atoms with E-state index in [1.165, 1.54) is 24.3 Å². The van der Waals surface area contributed by atoms with E-state index in [1.807, 2.05) is 0 Å². The first-order valence-corrected chi connectivity index (χ1v) is 5.98. The molecule has 1 unspecified atom stereocenters. The number of amides is 1. The number of carbonyl (C=O) groups is 2. The number of hydrogen-bond acceptors (Lipinski definition) is 3. The van der Waals surface area contributed by atoms with Crippen molar-refractivity contribution in [1.29, 1.82) is 0 Å². The number of carboxylic acid groups (broad SMARTS) is 1. The molecule has 20 heavy (non-hydrogen) atoms. The van der Waals surface area contributed by atoms with Gasteiger partial charge in [-0.15, -0.1) is 0 Å². The van der Waals surface area contributed by atoms with Gasteiger partial charge in [0.2, 0.25) is 6.41 Å². The van der Waals surface area contributed by atoms with Gasteiger partial charge in [0.15, 0.2) is 6.04 Å². The molecule has 1 aromatic carbocycles. The van der Waals surface area contributed by atoms with Crippen molar-refractivity contribution in [3.05, 3.63) is 29.8 Å². The second kappa shape index (κ2) is 7.42. The number of carbonyl (C=O) groups excluding carboxylic acids is 1. The number of carboxylic acids is 1. The fraction of sp³-hybridized carbons (Fsp3) is 0.385. The molecule has 0 aromatic heterocycles. The molecule has 1 rings (SSSR count). The maximum absolute atomic E-state index is 12.3. The molecule has 0 heterocycles. The average Bonchev–Trinajstić information content (AvgIpc) is 2.39. The summed E-state index contributed by atoms with van der Waals surface area (Å²) in [6.45, 7) is -1.10. The summed E-state index contributed by atoms with van der Waals surface area (Å²) in [6, 6.07) is 4.18. The van der Waals surface area contributed by atoms with Crippen LogP contribution in [-0.2, 0) is 9.59 Å².